The summed E-state index contributed by atoms with van der Waals surface area (Å²) in [6, 6.07) is 15.7. The Bertz CT molecular complexity index is 1080. The SMILES string of the molecule is CCC(C(=O)N1CCC(NC(=O)c2oc3ccc(Br)cc3c2C)CC1)c1ccccc1. The highest BCUT2D eigenvalue weighted by molar-refractivity contribution is 9.10. The maximum atomic E-state index is 13.1. The average molecular weight is 483 g/mol. The molecule has 0 radical (unpaired) electrons. The van der Waals surface area contributed by atoms with Crippen LogP contribution >= 0.6 is 15.9 Å². The van der Waals surface area contributed by atoms with Crippen LogP contribution in [-0.2, 0) is 4.79 Å². The molecule has 1 atom stereocenters. The zero-order valence-electron chi connectivity index (χ0n) is 17.9. The molecule has 1 saturated heterocycles. The minimum atomic E-state index is -0.190. The van der Waals surface area contributed by atoms with Crippen LogP contribution in [0.25, 0.3) is 11.0 Å². The number of amides is 2. The van der Waals surface area contributed by atoms with Gasteiger partial charge in [-0.2, -0.15) is 0 Å². The lowest BCUT2D eigenvalue weighted by atomic mass is 9.93. The zero-order chi connectivity index (χ0) is 22.0. The van der Waals surface area contributed by atoms with Crippen LogP contribution in [0, 0.1) is 6.92 Å². The summed E-state index contributed by atoms with van der Waals surface area (Å²) in [5, 5.41) is 4.04. The van der Waals surface area contributed by atoms with Crippen LogP contribution in [0.4, 0.5) is 0 Å². The minimum Gasteiger partial charge on any atom is -0.451 e. The third kappa shape index (κ3) is 4.54. The number of likely N-dealkylation sites (tertiary alicyclic amines) is 1. The molecule has 31 heavy (non-hydrogen) atoms. The number of furan rings is 1. The van der Waals surface area contributed by atoms with Crippen LogP contribution in [0.2, 0.25) is 0 Å². The summed E-state index contributed by atoms with van der Waals surface area (Å²) in [4.78, 5) is 27.9. The lowest BCUT2D eigenvalue weighted by Gasteiger charge is -2.34. The van der Waals surface area contributed by atoms with Crippen molar-refractivity contribution >= 4 is 38.7 Å². The van der Waals surface area contributed by atoms with Crippen molar-refractivity contribution < 1.29 is 14.0 Å². The molecule has 1 aromatic heterocycles. The smallest absolute Gasteiger partial charge is 0.287 e. The molecular weight excluding hydrogens is 456 g/mol. The van der Waals surface area contributed by atoms with Crippen molar-refractivity contribution in [2.75, 3.05) is 13.1 Å². The fraction of sp³-hybridized carbons (Fsp3) is 0.360. The van der Waals surface area contributed by atoms with Crippen molar-refractivity contribution in [3.63, 3.8) is 0 Å². The summed E-state index contributed by atoms with van der Waals surface area (Å²) >= 11 is 3.47. The average Bonchev–Trinajstić information content (AvgIpc) is 3.11. The Labute approximate surface area is 190 Å². The molecule has 2 heterocycles. The van der Waals surface area contributed by atoms with Gasteiger partial charge in [0.15, 0.2) is 5.76 Å². The monoisotopic (exact) mass is 482 g/mol. The molecule has 1 aliphatic heterocycles. The Kier molecular flexibility index (Phi) is 6.46. The highest BCUT2D eigenvalue weighted by Crippen LogP contribution is 2.29. The molecule has 1 N–H and O–H groups in total. The van der Waals surface area contributed by atoms with Crippen LogP contribution in [0.5, 0.6) is 0 Å². The van der Waals surface area contributed by atoms with Crippen LogP contribution in [0.15, 0.2) is 57.4 Å². The van der Waals surface area contributed by atoms with Gasteiger partial charge in [0, 0.05) is 34.6 Å². The lowest BCUT2D eigenvalue weighted by Crippen LogP contribution is -2.47. The molecule has 3 aromatic rings. The first-order chi connectivity index (χ1) is 15.0. The number of carbonyl (C=O) groups excluding carboxylic acids is 2. The molecule has 6 heteroatoms. The molecule has 0 spiro atoms. The topological polar surface area (TPSA) is 62.6 Å². The summed E-state index contributed by atoms with van der Waals surface area (Å²) in [6.45, 7) is 5.26. The van der Waals surface area contributed by atoms with Gasteiger partial charge in [-0.3, -0.25) is 9.59 Å². The molecule has 1 fully saturated rings. The number of nitrogens with zero attached hydrogens (tertiary/aromatic N) is 1. The Morgan fingerprint density at radius 2 is 1.87 bits per heavy atom. The quantitative estimate of drug-likeness (QED) is 0.527. The van der Waals surface area contributed by atoms with E-state index in [1.807, 2.05) is 60.4 Å². The Morgan fingerprint density at radius 1 is 1.16 bits per heavy atom. The number of piperidine rings is 1. The van der Waals surface area contributed by atoms with Crippen molar-refractivity contribution in [2.45, 2.75) is 45.1 Å². The summed E-state index contributed by atoms with van der Waals surface area (Å²) in [7, 11) is 0. The highest BCUT2D eigenvalue weighted by Gasteiger charge is 2.29. The summed E-state index contributed by atoms with van der Waals surface area (Å²) in [6.07, 6.45) is 2.27. The van der Waals surface area contributed by atoms with E-state index in [0.717, 1.165) is 40.2 Å². The van der Waals surface area contributed by atoms with E-state index in [1.54, 1.807) is 0 Å². The number of rotatable bonds is 5. The first-order valence-corrected chi connectivity index (χ1v) is 11.6. The third-order valence-electron chi connectivity index (χ3n) is 6.15. The maximum absolute atomic E-state index is 13.1. The number of hydrogen-bond acceptors (Lipinski definition) is 3. The van der Waals surface area contributed by atoms with Gasteiger partial charge in [-0.25, -0.2) is 0 Å². The van der Waals surface area contributed by atoms with Gasteiger partial charge in [0.25, 0.3) is 5.91 Å². The second-order valence-electron chi connectivity index (χ2n) is 8.14. The van der Waals surface area contributed by atoms with Gasteiger partial charge >= 0.3 is 0 Å². The Morgan fingerprint density at radius 3 is 2.55 bits per heavy atom. The van der Waals surface area contributed by atoms with Gasteiger partial charge in [0.2, 0.25) is 5.91 Å². The van der Waals surface area contributed by atoms with E-state index in [2.05, 4.69) is 28.2 Å². The maximum Gasteiger partial charge on any atom is 0.287 e. The molecule has 0 saturated carbocycles. The van der Waals surface area contributed by atoms with Gasteiger partial charge < -0.3 is 14.6 Å². The Balaban J connectivity index is 1.37. The van der Waals surface area contributed by atoms with Crippen molar-refractivity contribution in [3.8, 4) is 0 Å². The molecule has 2 aromatic carbocycles. The summed E-state index contributed by atoms with van der Waals surface area (Å²) in [5.41, 5.74) is 2.62. The van der Waals surface area contributed by atoms with E-state index in [1.165, 1.54) is 0 Å². The van der Waals surface area contributed by atoms with Crippen molar-refractivity contribution in [1.29, 1.82) is 0 Å². The first kappa shape index (κ1) is 21.6. The van der Waals surface area contributed by atoms with Crippen molar-refractivity contribution in [2.24, 2.45) is 0 Å². The van der Waals surface area contributed by atoms with Crippen LogP contribution in [-0.4, -0.2) is 35.8 Å². The lowest BCUT2D eigenvalue weighted by molar-refractivity contribution is -0.134. The normalized spacial score (nSPS) is 15.8. The van der Waals surface area contributed by atoms with Gasteiger partial charge in [0.05, 0.1) is 5.92 Å². The summed E-state index contributed by atoms with van der Waals surface area (Å²) < 4.78 is 6.77. The minimum absolute atomic E-state index is 0.0349. The number of halogens is 1. The molecule has 0 bridgehead atoms. The number of aryl methyl sites for hydroxylation is 1. The first-order valence-electron chi connectivity index (χ1n) is 10.8. The van der Waals surface area contributed by atoms with E-state index < -0.39 is 0 Å². The molecule has 1 unspecified atom stereocenters. The van der Waals surface area contributed by atoms with Gasteiger partial charge in [0.1, 0.15) is 5.58 Å². The van der Waals surface area contributed by atoms with Crippen LogP contribution < -0.4 is 5.32 Å². The van der Waals surface area contributed by atoms with E-state index in [-0.39, 0.29) is 23.8 Å². The molecule has 1 aliphatic rings. The van der Waals surface area contributed by atoms with Gasteiger partial charge in [-0.05, 0) is 49.9 Å². The largest absolute Gasteiger partial charge is 0.451 e. The second-order valence-corrected chi connectivity index (χ2v) is 9.06. The van der Waals surface area contributed by atoms with E-state index in [0.29, 0.717) is 24.4 Å². The van der Waals surface area contributed by atoms with E-state index >= 15 is 0 Å². The zero-order valence-corrected chi connectivity index (χ0v) is 19.4. The fourth-order valence-electron chi connectivity index (χ4n) is 4.36. The molecule has 0 aliphatic carbocycles. The molecular formula is C25H27BrN2O3. The number of carbonyl (C=O) groups is 2. The number of benzene rings is 2. The van der Waals surface area contributed by atoms with Crippen molar-refractivity contribution in [1.82, 2.24) is 10.2 Å². The highest BCUT2D eigenvalue weighted by atomic mass is 79.9. The Hall–Kier alpha value is -2.60. The third-order valence-corrected chi connectivity index (χ3v) is 6.65. The van der Waals surface area contributed by atoms with E-state index in [9.17, 15) is 9.59 Å². The van der Waals surface area contributed by atoms with Crippen molar-refractivity contribution in [3.05, 3.63) is 69.9 Å². The van der Waals surface area contributed by atoms with Crippen LogP contribution in [0.1, 0.15) is 53.8 Å². The fourth-order valence-corrected chi connectivity index (χ4v) is 4.72. The van der Waals surface area contributed by atoms with Crippen LogP contribution in [0.3, 0.4) is 0 Å². The molecule has 5 nitrogen and oxygen atoms in total. The predicted molar refractivity (Wildman–Crippen MR) is 125 cm³/mol. The summed E-state index contributed by atoms with van der Waals surface area (Å²) in [5.74, 6) is 0.245. The number of fused-ring (bicyclic) bond motifs is 1. The van der Waals surface area contributed by atoms with Gasteiger partial charge in [-0.15, -0.1) is 0 Å². The standard InChI is InChI=1S/C25H27BrN2O3/c1-3-20(17-7-5-4-6-8-17)25(30)28-13-11-19(12-14-28)27-24(29)23-16(2)21-15-18(26)9-10-22(21)31-23/h4-10,15,19-20H,3,11-14H2,1-2H3,(H,27,29). The molecule has 4 rings (SSSR count). The number of nitrogens with one attached hydrogen (secondary N) is 1. The van der Waals surface area contributed by atoms with E-state index in [4.69, 9.17) is 4.42 Å². The number of hydrogen-bond donors (Lipinski definition) is 1. The predicted octanol–water partition coefficient (Wildman–Crippen LogP) is 5.42. The second kappa shape index (κ2) is 9.27. The van der Waals surface area contributed by atoms with Gasteiger partial charge in [-0.1, -0.05) is 53.2 Å². The molecule has 162 valence electrons. The molecule has 2 amide bonds.